The van der Waals surface area contributed by atoms with E-state index in [1.165, 1.54) is 37.8 Å². The van der Waals surface area contributed by atoms with Gasteiger partial charge in [0.2, 0.25) is 0 Å². The van der Waals surface area contributed by atoms with Crippen LogP contribution in [0.1, 0.15) is 71.0 Å². The Labute approximate surface area is 124 Å². The number of halogens is 1. The van der Waals surface area contributed by atoms with E-state index in [2.05, 4.69) is 41.9 Å². The van der Waals surface area contributed by atoms with Gasteiger partial charge in [-0.15, -0.1) is 12.4 Å². The number of nitrogens with one attached hydrogen (secondary N) is 1. The van der Waals surface area contributed by atoms with Crippen molar-refractivity contribution in [1.82, 2.24) is 15.1 Å². The average Bonchev–Trinajstić information content (AvgIpc) is 2.85. The molecular formula is C15H30ClN3. The van der Waals surface area contributed by atoms with Crippen LogP contribution in [0.25, 0.3) is 0 Å². The van der Waals surface area contributed by atoms with E-state index < -0.39 is 0 Å². The second kappa shape index (κ2) is 11.3. The number of unbranched alkanes of at least 4 members (excludes halogenated alkanes) is 4. The van der Waals surface area contributed by atoms with Crippen LogP contribution >= 0.6 is 12.4 Å². The summed E-state index contributed by atoms with van der Waals surface area (Å²) >= 11 is 0. The predicted molar refractivity (Wildman–Crippen MR) is 84.9 cm³/mol. The SMILES string of the molecule is CCCCCCCNCc1ccnn1C(C)CC.Cl. The van der Waals surface area contributed by atoms with Gasteiger partial charge in [0.25, 0.3) is 0 Å². The van der Waals surface area contributed by atoms with Gasteiger partial charge in [0.05, 0.1) is 5.69 Å². The Morgan fingerprint density at radius 1 is 1.21 bits per heavy atom. The molecule has 1 heterocycles. The Morgan fingerprint density at radius 2 is 1.95 bits per heavy atom. The maximum Gasteiger partial charge on any atom is 0.0525 e. The van der Waals surface area contributed by atoms with Crippen molar-refractivity contribution in [1.29, 1.82) is 0 Å². The van der Waals surface area contributed by atoms with Gasteiger partial charge in [0.1, 0.15) is 0 Å². The van der Waals surface area contributed by atoms with Gasteiger partial charge in [-0.05, 0) is 32.4 Å². The smallest absolute Gasteiger partial charge is 0.0525 e. The maximum absolute atomic E-state index is 4.40. The molecule has 1 rings (SSSR count). The maximum atomic E-state index is 4.40. The highest BCUT2D eigenvalue weighted by atomic mass is 35.5. The zero-order valence-corrected chi connectivity index (χ0v) is 13.5. The van der Waals surface area contributed by atoms with Gasteiger partial charge in [-0.2, -0.15) is 5.10 Å². The van der Waals surface area contributed by atoms with E-state index in [0.29, 0.717) is 6.04 Å². The van der Waals surface area contributed by atoms with E-state index in [-0.39, 0.29) is 12.4 Å². The minimum atomic E-state index is 0. The molecule has 0 aliphatic rings. The van der Waals surface area contributed by atoms with Gasteiger partial charge in [-0.3, -0.25) is 4.68 Å². The first-order valence-electron chi connectivity index (χ1n) is 7.52. The predicted octanol–water partition coefficient (Wildman–Crippen LogP) is 4.34. The van der Waals surface area contributed by atoms with Gasteiger partial charge in [0.15, 0.2) is 0 Å². The van der Waals surface area contributed by atoms with Gasteiger partial charge < -0.3 is 5.32 Å². The van der Waals surface area contributed by atoms with E-state index >= 15 is 0 Å². The number of nitrogens with zero attached hydrogens (tertiary/aromatic N) is 2. The molecule has 4 heteroatoms. The number of hydrogen-bond donors (Lipinski definition) is 1. The first-order valence-corrected chi connectivity index (χ1v) is 7.52. The van der Waals surface area contributed by atoms with Crippen LogP contribution in [0, 0.1) is 0 Å². The molecule has 0 fully saturated rings. The van der Waals surface area contributed by atoms with Crippen molar-refractivity contribution in [2.24, 2.45) is 0 Å². The average molecular weight is 288 g/mol. The lowest BCUT2D eigenvalue weighted by Gasteiger charge is -2.14. The van der Waals surface area contributed by atoms with Gasteiger partial charge in [-0.1, -0.05) is 39.5 Å². The Morgan fingerprint density at radius 3 is 2.63 bits per heavy atom. The van der Waals surface area contributed by atoms with Crippen molar-refractivity contribution in [3.05, 3.63) is 18.0 Å². The summed E-state index contributed by atoms with van der Waals surface area (Å²) < 4.78 is 2.14. The summed E-state index contributed by atoms with van der Waals surface area (Å²) in [4.78, 5) is 0. The van der Waals surface area contributed by atoms with E-state index in [9.17, 15) is 0 Å². The summed E-state index contributed by atoms with van der Waals surface area (Å²) in [6.07, 6.45) is 9.75. The lowest BCUT2D eigenvalue weighted by Crippen LogP contribution is -2.19. The number of aromatic nitrogens is 2. The molecule has 0 radical (unpaired) electrons. The van der Waals surface area contributed by atoms with Crippen LogP contribution < -0.4 is 5.32 Å². The van der Waals surface area contributed by atoms with Crippen LogP contribution in [0.2, 0.25) is 0 Å². The van der Waals surface area contributed by atoms with Gasteiger partial charge in [-0.25, -0.2) is 0 Å². The van der Waals surface area contributed by atoms with E-state index in [1.54, 1.807) is 0 Å². The third-order valence-corrected chi connectivity index (χ3v) is 3.52. The largest absolute Gasteiger partial charge is 0.311 e. The molecule has 1 N–H and O–H groups in total. The van der Waals surface area contributed by atoms with Crippen molar-refractivity contribution in [3.8, 4) is 0 Å². The van der Waals surface area contributed by atoms with Crippen molar-refractivity contribution >= 4 is 12.4 Å². The molecule has 1 aromatic rings. The fourth-order valence-electron chi connectivity index (χ4n) is 2.12. The topological polar surface area (TPSA) is 29.9 Å². The summed E-state index contributed by atoms with van der Waals surface area (Å²) in [6.45, 7) is 8.75. The lowest BCUT2D eigenvalue weighted by molar-refractivity contribution is 0.450. The first kappa shape index (κ1) is 18.5. The fourth-order valence-corrected chi connectivity index (χ4v) is 2.12. The Kier molecular flexibility index (Phi) is 11.0. The summed E-state index contributed by atoms with van der Waals surface area (Å²) in [5.41, 5.74) is 1.30. The molecule has 0 aromatic carbocycles. The minimum absolute atomic E-state index is 0. The quantitative estimate of drug-likeness (QED) is 0.649. The van der Waals surface area contributed by atoms with Crippen molar-refractivity contribution in [2.75, 3.05) is 6.54 Å². The lowest BCUT2D eigenvalue weighted by atomic mass is 10.1. The van der Waals surface area contributed by atoms with Crippen LogP contribution in [-0.4, -0.2) is 16.3 Å². The molecule has 112 valence electrons. The van der Waals surface area contributed by atoms with Crippen LogP contribution in [0.15, 0.2) is 12.3 Å². The highest BCUT2D eigenvalue weighted by molar-refractivity contribution is 5.85. The molecule has 0 amide bonds. The van der Waals surface area contributed by atoms with Crippen LogP contribution in [-0.2, 0) is 6.54 Å². The second-order valence-electron chi connectivity index (χ2n) is 5.12. The van der Waals surface area contributed by atoms with Gasteiger partial charge >= 0.3 is 0 Å². The molecule has 0 spiro atoms. The molecule has 0 bridgehead atoms. The zero-order valence-electron chi connectivity index (χ0n) is 12.7. The standard InChI is InChI=1S/C15H29N3.ClH/c1-4-6-7-8-9-11-16-13-15-10-12-17-18(15)14(3)5-2;/h10,12,14,16H,4-9,11,13H2,1-3H3;1H. The Hall–Kier alpha value is -0.540. The van der Waals surface area contributed by atoms with E-state index in [1.807, 2.05) is 6.20 Å². The van der Waals surface area contributed by atoms with Crippen LogP contribution in [0.4, 0.5) is 0 Å². The third kappa shape index (κ3) is 6.98. The Balaban J connectivity index is 0.00000324. The summed E-state index contributed by atoms with van der Waals surface area (Å²) in [7, 11) is 0. The van der Waals surface area contributed by atoms with Crippen LogP contribution in [0.5, 0.6) is 0 Å². The third-order valence-electron chi connectivity index (χ3n) is 3.52. The summed E-state index contributed by atoms with van der Waals surface area (Å²) in [5, 5.41) is 7.93. The summed E-state index contributed by atoms with van der Waals surface area (Å²) in [5.74, 6) is 0. The first-order chi connectivity index (χ1) is 8.79. The second-order valence-corrected chi connectivity index (χ2v) is 5.12. The molecule has 0 saturated heterocycles. The monoisotopic (exact) mass is 287 g/mol. The molecule has 19 heavy (non-hydrogen) atoms. The molecule has 1 aromatic heterocycles. The molecule has 3 nitrogen and oxygen atoms in total. The molecule has 1 atom stereocenters. The number of hydrogen-bond acceptors (Lipinski definition) is 2. The minimum Gasteiger partial charge on any atom is -0.311 e. The van der Waals surface area contributed by atoms with Gasteiger partial charge in [0, 0.05) is 18.8 Å². The molecule has 0 aliphatic carbocycles. The molecule has 1 unspecified atom stereocenters. The molecular weight excluding hydrogens is 258 g/mol. The molecule has 0 aliphatic heterocycles. The van der Waals surface area contributed by atoms with Crippen molar-refractivity contribution < 1.29 is 0 Å². The normalized spacial score (nSPS) is 12.2. The fraction of sp³-hybridized carbons (Fsp3) is 0.800. The Bertz CT molecular complexity index is 312. The van der Waals surface area contributed by atoms with Crippen LogP contribution in [0.3, 0.4) is 0 Å². The molecule has 0 saturated carbocycles. The van der Waals surface area contributed by atoms with E-state index in [0.717, 1.165) is 19.5 Å². The highest BCUT2D eigenvalue weighted by Gasteiger charge is 2.07. The van der Waals surface area contributed by atoms with Crippen molar-refractivity contribution in [2.45, 2.75) is 71.9 Å². The number of rotatable bonds is 10. The summed E-state index contributed by atoms with van der Waals surface area (Å²) in [6, 6.07) is 2.62. The van der Waals surface area contributed by atoms with E-state index in [4.69, 9.17) is 0 Å². The highest BCUT2D eigenvalue weighted by Crippen LogP contribution is 2.12. The van der Waals surface area contributed by atoms with Crippen molar-refractivity contribution in [3.63, 3.8) is 0 Å². The zero-order chi connectivity index (χ0) is 13.2.